The number of hydrogen-bond acceptors (Lipinski definition) is 2. The summed E-state index contributed by atoms with van der Waals surface area (Å²) >= 11 is 0. The molecule has 1 fully saturated rings. The van der Waals surface area contributed by atoms with Crippen LogP contribution in [-0.4, -0.2) is 23.9 Å². The number of ether oxygens (including phenoxy) is 1. The third-order valence-corrected chi connectivity index (χ3v) is 2.16. The molecule has 0 radical (unpaired) electrons. The van der Waals surface area contributed by atoms with E-state index in [1.807, 2.05) is 13.0 Å². The molecule has 2 atom stereocenters. The van der Waals surface area contributed by atoms with Gasteiger partial charge in [-0.25, -0.2) is 0 Å². The lowest BCUT2D eigenvalue weighted by Crippen LogP contribution is -2.32. The molecule has 1 rings (SSSR count). The molecule has 0 amide bonds. The third-order valence-electron chi connectivity index (χ3n) is 2.16. The largest absolute Gasteiger partial charge is 0.390 e. The molecule has 2 nitrogen and oxygen atoms in total. The van der Waals surface area contributed by atoms with Crippen molar-refractivity contribution < 1.29 is 9.84 Å². The zero-order valence-corrected chi connectivity index (χ0v) is 9.44. The summed E-state index contributed by atoms with van der Waals surface area (Å²) in [6, 6.07) is 0. The Hall–Kier alpha value is -1.48. The molecule has 1 saturated heterocycles. The molecule has 1 aliphatic rings. The number of hydrogen-bond donors (Lipinski definition) is 1. The first-order valence-electron chi connectivity index (χ1n) is 5.43. The molecule has 1 N–H and O–H groups in total. The average Bonchev–Trinajstić information content (AvgIpc) is 2.30. The highest BCUT2D eigenvalue weighted by Gasteiger charge is 2.20. The maximum Gasteiger partial charge on any atom is 0.102 e. The van der Waals surface area contributed by atoms with Gasteiger partial charge in [0.15, 0.2) is 0 Å². The number of rotatable bonds is 1. The lowest BCUT2D eigenvalue weighted by Gasteiger charge is -2.25. The summed E-state index contributed by atoms with van der Waals surface area (Å²) in [5.41, 5.74) is 0. The van der Waals surface area contributed by atoms with Crippen LogP contribution in [0.2, 0.25) is 0 Å². The Morgan fingerprint density at radius 2 is 2.00 bits per heavy atom. The molecule has 2 heteroatoms. The van der Waals surface area contributed by atoms with Crippen LogP contribution in [0.1, 0.15) is 19.8 Å². The van der Waals surface area contributed by atoms with Gasteiger partial charge in [-0.15, -0.1) is 0 Å². The number of aliphatic hydroxyl groups is 1. The van der Waals surface area contributed by atoms with Crippen LogP contribution in [0.5, 0.6) is 0 Å². The molecule has 84 valence electrons. The summed E-state index contributed by atoms with van der Waals surface area (Å²) in [5.74, 6) is 10.9. The van der Waals surface area contributed by atoms with E-state index in [1.165, 1.54) is 0 Å². The average molecular weight is 216 g/mol. The highest BCUT2D eigenvalue weighted by molar-refractivity contribution is 5.34. The molecule has 0 bridgehead atoms. The van der Waals surface area contributed by atoms with Gasteiger partial charge in [-0.1, -0.05) is 17.9 Å². The van der Waals surface area contributed by atoms with Crippen molar-refractivity contribution in [2.45, 2.75) is 32.0 Å². The highest BCUT2D eigenvalue weighted by atomic mass is 16.5. The number of allylic oxidation sites excluding steroid dienone is 3. The van der Waals surface area contributed by atoms with E-state index >= 15 is 0 Å². The lowest BCUT2D eigenvalue weighted by atomic mass is 10.1. The van der Waals surface area contributed by atoms with E-state index in [9.17, 15) is 5.11 Å². The van der Waals surface area contributed by atoms with E-state index in [1.54, 1.807) is 18.2 Å². The van der Waals surface area contributed by atoms with Crippen molar-refractivity contribution in [3.63, 3.8) is 0 Å². The Labute approximate surface area is 97.0 Å². The maximum absolute atomic E-state index is 9.58. The van der Waals surface area contributed by atoms with E-state index < -0.39 is 6.10 Å². The molecule has 0 saturated carbocycles. The van der Waals surface area contributed by atoms with Crippen LogP contribution >= 0.6 is 0 Å². The normalized spacial score (nSPS) is 24.9. The summed E-state index contributed by atoms with van der Waals surface area (Å²) in [5, 5.41) is 9.58. The van der Waals surface area contributed by atoms with E-state index in [2.05, 4.69) is 23.7 Å². The first kappa shape index (κ1) is 12.6. The molecule has 0 spiro atoms. The zero-order valence-electron chi connectivity index (χ0n) is 9.44. The van der Waals surface area contributed by atoms with Crippen LogP contribution in [0.4, 0.5) is 0 Å². The predicted octanol–water partition coefficient (Wildman–Crippen LogP) is 1.67. The van der Waals surface area contributed by atoms with Crippen molar-refractivity contribution in [1.29, 1.82) is 0 Å². The van der Waals surface area contributed by atoms with E-state index in [4.69, 9.17) is 4.74 Å². The van der Waals surface area contributed by atoms with Crippen molar-refractivity contribution in [1.82, 2.24) is 0 Å². The van der Waals surface area contributed by atoms with E-state index in [0.717, 1.165) is 12.8 Å². The fraction of sp³-hybridized carbons (Fsp3) is 0.429. The fourth-order valence-corrected chi connectivity index (χ4v) is 1.35. The monoisotopic (exact) mass is 216 g/mol. The Morgan fingerprint density at radius 1 is 1.25 bits per heavy atom. The van der Waals surface area contributed by atoms with Crippen LogP contribution in [-0.2, 0) is 4.74 Å². The molecule has 0 unspecified atom stereocenters. The predicted molar refractivity (Wildman–Crippen MR) is 64.5 cm³/mol. The molecule has 1 aliphatic heterocycles. The fourth-order valence-electron chi connectivity index (χ4n) is 1.35. The molecule has 16 heavy (non-hydrogen) atoms. The Bertz CT molecular complexity index is 371. The van der Waals surface area contributed by atoms with Crippen LogP contribution in [0.25, 0.3) is 0 Å². The van der Waals surface area contributed by atoms with Gasteiger partial charge < -0.3 is 9.84 Å². The maximum atomic E-state index is 9.58. The van der Waals surface area contributed by atoms with E-state index in [-0.39, 0.29) is 6.10 Å². The van der Waals surface area contributed by atoms with Gasteiger partial charge in [-0.2, -0.15) is 0 Å². The quantitative estimate of drug-likeness (QED) is 0.676. The Balaban J connectivity index is 2.39. The van der Waals surface area contributed by atoms with Gasteiger partial charge in [0, 0.05) is 6.61 Å². The Kier molecular flexibility index (Phi) is 6.11. The van der Waals surface area contributed by atoms with Crippen LogP contribution in [0.15, 0.2) is 24.3 Å². The molecule has 0 aromatic carbocycles. The summed E-state index contributed by atoms with van der Waals surface area (Å²) in [6.07, 6.45) is 8.17. The smallest absolute Gasteiger partial charge is 0.102 e. The van der Waals surface area contributed by atoms with Gasteiger partial charge >= 0.3 is 0 Å². The minimum absolute atomic E-state index is 0.216. The number of aliphatic hydroxyl groups excluding tert-OH is 1. The first-order valence-corrected chi connectivity index (χ1v) is 5.43. The van der Waals surface area contributed by atoms with Crippen LogP contribution in [0, 0.1) is 23.7 Å². The first-order chi connectivity index (χ1) is 7.84. The molecular weight excluding hydrogens is 200 g/mol. The summed E-state index contributed by atoms with van der Waals surface area (Å²) in [6.45, 7) is 2.62. The summed E-state index contributed by atoms with van der Waals surface area (Å²) in [7, 11) is 0. The summed E-state index contributed by atoms with van der Waals surface area (Å²) in [4.78, 5) is 0. The standard InChI is InChI=1S/C14H16O2/c1-2-3-4-5-6-7-8-11-14-13(15)10-9-12-16-14/h2-3,8,11,13-15H,9-10,12H2,1H3/t13-,14-/m1/s1. The van der Waals surface area contributed by atoms with Gasteiger partial charge in [0.1, 0.15) is 6.10 Å². The van der Waals surface area contributed by atoms with Crippen molar-refractivity contribution in [2.24, 2.45) is 0 Å². The van der Waals surface area contributed by atoms with Gasteiger partial charge in [0.25, 0.3) is 0 Å². The van der Waals surface area contributed by atoms with Crippen LogP contribution in [0.3, 0.4) is 0 Å². The van der Waals surface area contributed by atoms with Crippen molar-refractivity contribution in [3.05, 3.63) is 24.3 Å². The van der Waals surface area contributed by atoms with Gasteiger partial charge in [0.05, 0.1) is 6.10 Å². The van der Waals surface area contributed by atoms with Gasteiger partial charge in [-0.3, -0.25) is 0 Å². The topological polar surface area (TPSA) is 29.5 Å². The Morgan fingerprint density at radius 3 is 2.69 bits per heavy atom. The van der Waals surface area contributed by atoms with Crippen molar-refractivity contribution in [2.75, 3.05) is 6.61 Å². The molecule has 0 aromatic rings. The second-order valence-electron chi connectivity index (χ2n) is 3.44. The second kappa shape index (κ2) is 7.77. The third kappa shape index (κ3) is 4.84. The van der Waals surface area contributed by atoms with Crippen LogP contribution < -0.4 is 0 Å². The zero-order chi connectivity index (χ0) is 11.6. The van der Waals surface area contributed by atoms with Gasteiger partial charge in [-0.05, 0) is 49.8 Å². The molecular formula is C14H16O2. The highest BCUT2D eigenvalue weighted by Crippen LogP contribution is 2.14. The molecule has 0 aromatic heterocycles. The SMILES string of the molecule is CC=CC#CC#CC=C[C@H]1OCCC[C@H]1O. The minimum atomic E-state index is -0.402. The van der Waals surface area contributed by atoms with Crippen molar-refractivity contribution >= 4 is 0 Å². The van der Waals surface area contributed by atoms with Gasteiger partial charge in [0.2, 0.25) is 0 Å². The molecule has 0 aliphatic carbocycles. The minimum Gasteiger partial charge on any atom is -0.390 e. The lowest BCUT2D eigenvalue weighted by molar-refractivity contribution is -0.0483. The second-order valence-corrected chi connectivity index (χ2v) is 3.44. The van der Waals surface area contributed by atoms with E-state index in [0.29, 0.717) is 6.61 Å². The molecule has 1 heterocycles. The summed E-state index contributed by atoms with van der Waals surface area (Å²) < 4.78 is 5.38. The van der Waals surface area contributed by atoms with Crippen molar-refractivity contribution in [3.8, 4) is 23.7 Å².